The van der Waals surface area contributed by atoms with Crippen LogP contribution in [-0.2, 0) is 11.4 Å². The molecule has 2 aromatic rings. The molecule has 114 valence electrons. The molecule has 0 N–H and O–H groups in total. The molecule has 22 heavy (non-hydrogen) atoms. The standard InChI is InChI=1S/C17H16ClNO3/c1-12(20)13-7-8-17(21-2)15(9-13)11-22-19-10-14-5-3-4-6-16(14)18/h3-10H,11H2,1-2H3/b19-10-. The van der Waals surface area contributed by atoms with E-state index < -0.39 is 0 Å². The van der Waals surface area contributed by atoms with Crippen LogP contribution < -0.4 is 4.74 Å². The van der Waals surface area contributed by atoms with Crippen LogP contribution in [-0.4, -0.2) is 19.1 Å². The lowest BCUT2D eigenvalue weighted by Gasteiger charge is -2.08. The topological polar surface area (TPSA) is 47.9 Å². The maximum absolute atomic E-state index is 11.4. The number of carbonyl (C=O) groups excluding carboxylic acids is 1. The lowest BCUT2D eigenvalue weighted by Crippen LogP contribution is -1.98. The second kappa shape index (κ2) is 7.61. The Balaban J connectivity index is 2.06. The monoisotopic (exact) mass is 317 g/mol. The fourth-order valence-electron chi connectivity index (χ4n) is 1.89. The van der Waals surface area contributed by atoms with E-state index in [2.05, 4.69) is 5.16 Å². The number of carbonyl (C=O) groups is 1. The number of halogens is 1. The fourth-order valence-corrected chi connectivity index (χ4v) is 2.08. The van der Waals surface area contributed by atoms with Crippen LogP contribution in [0.4, 0.5) is 0 Å². The Morgan fingerprint density at radius 1 is 1.27 bits per heavy atom. The van der Waals surface area contributed by atoms with E-state index in [0.717, 1.165) is 11.1 Å². The largest absolute Gasteiger partial charge is 0.496 e. The van der Waals surface area contributed by atoms with Crippen LogP contribution in [0.1, 0.15) is 28.4 Å². The Hall–Kier alpha value is -2.33. The number of Topliss-reactive ketones (excluding diaryl/α,β-unsaturated/α-hetero) is 1. The highest BCUT2D eigenvalue weighted by Crippen LogP contribution is 2.21. The SMILES string of the molecule is COc1ccc(C(C)=O)cc1CO/N=C\c1ccccc1Cl. The molecule has 2 aromatic carbocycles. The van der Waals surface area contributed by atoms with Gasteiger partial charge in [0.15, 0.2) is 5.78 Å². The normalized spacial score (nSPS) is 10.7. The van der Waals surface area contributed by atoms with Crippen LogP contribution in [0.25, 0.3) is 0 Å². The smallest absolute Gasteiger partial charge is 0.159 e. The van der Waals surface area contributed by atoms with Crippen LogP contribution in [0.2, 0.25) is 5.02 Å². The van der Waals surface area contributed by atoms with Gasteiger partial charge in [0.2, 0.25) is 0 Å². The third-order valence-corrected chi connectivity index (χ3v) is 3.42. The van der Waals surface area contributed by atoms with Gasteiger partial charge in [0.25, 0.3) is 0 Å². The minimum absolute atomic E-state index is 0.0107. The molecule has 0 spiro atoms. The van der Waals surface area contributed by atoms with E-state index in [0.29, 0.717) is 16.3 Å². The number of ketones is 1. The summed E-state index contributed by atoms with van der Waals surface area (Å²) in [5.74, 6) is 0.640. The van der Waals surface area contributed by atoms with Crippen molar-refractivity contribution in [1.82, 2.24) is 0 Å². The van der Waals surface area contributed by atoms with Gasteiger partial charge >= 0.3 is 0 Å². The zero-order valence-corrected chi connectivity index (χ0v) is 13.1. The minimum Gasteiger partial charge on any atom is -0.496 e. The highest BCUT2D eigenvalue weighted by Gasteiger charge is 2.07. The predicted octanol–water partition coefficient (Wildman–Crippen LogP) is 4.10. The molecule has 0 atom stereocenters. The van der Waals surface area contributed by atoms with Crippen molar-refractivity contribution in [2.75, 3.05) is 7.11 Å². The minimum atomic E-state index is -0.0107. The van der Waals surface area contributed by atoms with E-state index in [1.807, 2.05) is 18.2 Å². The first-order valence-corrected chi connectivity index (χ1v) is 7.07. The van der Waals surface area contributed by atoms with Crippen molar-refractivity contribution in [3.63, 3.8) is 0 Å². The quantitative estimate of drug-likeness (QED) is 0.458. The van der Waals surface area contributed by atoms with E-state index in [1.54, 1.807) is 37.6 Å². The Kier molecular flexibility index (Phi) is 5.55. The number of rotatable bonds is 6. The average Bonchev–Trinajstić information content (AvgIpc) is 2.52. The molecule has 5 heteroatoms. The third kappa shape index (κ3) is 4.09. The van der Waals surface area contributed by atoms with Gasteiger partial charge in [0.05, 0.1) is 13.3 Å². The molecule has 0 radical (unpaired) electrons. The molecular weight excluding hydrogens is 302 g/mol. The lowest BCUT2D eigenvalue weighted by atomic mass is 10.1. The molecule has 0 aliphatic heterocycles. The van der Waals surface area contributed by atoms with Crippen LogP contribution in [0.5, 0.6) is 5.75 Å². The van der Waals surface area contributed by atoms with Gasteiger partial charge in [0.1, 0.15) is 12.4 Å². The Bertz CT molecular complexity index is 698. The van der Waals surface area contributed by atoms with Crippen molar-refractivity contribution in [2.24, 2.45) is 5.16 Å². The third-order valence-electron chi connectivity index (χ3n) is 3.08. The van der Waals surface area contributed by atoms with Crippen molar-refractivity contribution in [3.05, 3.63) is 64.2 Å². The molecule has 0 aliphatic carbocycles. The highest BCUT2D eigenvalue weighted by atomic mass is 35.5. The van der Waals surface area contributed by atoms with Gasteiger partial charge in [-0.2, -0.15) is 0 Å². The lowest BCUT2D eigenvalue weighted by molar-refractivity contribution is 0.101. The molecular formula is C17H16ClNO3. The summed E-state index contributed by atoms with van der Waals surface area (Å²) in [5, 5.41) is 4.50. The van der Waals surface area contributed by atoms with Gasteiger partial charge in [-0.1, -0.05) is 35.0 Å². The molecule has 0 aromatic heterocycles. The molecule has 0 amide bonds. The zero-order valence-electron chi connectivity index (χ0n) is 12.4. The van der Waals surface area contributed by atoms with Crippen LogP contribution in [0.3, 0.4) is 0 Å². The van der Waals surface area contributed by atoms with Gasteiger partial charge < -0.3 is 9.57 Å². The van der Waals surface area contributed by atoms with Crippen molar-refractivity contribution >= 4 is 23.6 Å². The summed E-state index contributed by atoms with van der Waals surface area (Å²) in [5.41, 5.74) is 2.13. The summed E-state index contributed by atoms with van der Waals surface area (Å²) in [6.07, 6.45) is 1.55. The molecule has 0 unspecified atom stereocenters. The zero-order chi connectivity index (χ0) is 15.9. The van der Waals surface area contributed by atoms with Gasteiger partial charge in [-0.3, -0.25) is 4.79 Å². The van der Waals surface area contributed by atoms with Crippen molar-refractivity contribution < 1.29 is 14.4 Å². The fraction of sp³-hybridized carbons (Fsp3) is 0.176. The molecule has 0 saturated heterocycles. The number of ether oxygens (including phenoxy) is 1. The average molecular weight is 318 g/mol. The van der Waals surface area contributed by atoms with E-state index >= 15 is 0 Å². The van der Waals surface area contributed by atoms with Crippen LogP contribution >= 0.6 is 11.6 Å². The Labute approximate surface area is 134 Å². The number of nitrogens with zero attached hydrogens (tertiary/aromatic N) is 1. The summed E-state index contributed by atoms with van der Waals surface area (Å²) in [6, 6.07) is 12.5. The maximum Gasteiger partial charge on any atom is 0.159 e. The van der Waals surface area contributed by atoms with Crippen molar-refractivity contribution in [3.8, 4) is 5.75 Å². The van der Waals surface area contributed by atoms with Crippen molar-refractivity contribution in [1.29, 1.82) is 0 Å². The van der Waals surface area contributed by atoms with Crippen LogP contribution in [0, 0.1) is 0 Å². The van der Waals surface area contributed by atoms with E-state index in [-0.39, 0.29) is 12.4 Å². The van der Waals surface area contributed by atoms with Crippen LogP contribution in [0.15, 0.2) is 47.6 Å². The number of hydrogen-bond acceptors (Lipinski definition) is 4. The molecule has 0 aliphatic rings. The first-order chi connectivity index (χ1) is 10.6. The number of oxime groups is 1. The summed E-state index contributed by atoms with van der Waals surface area (Å²) < 4.78 is 5.25. The molecule has 2 rings (SSSR count). The van der Waals surface area contributed by atoms with Gasteiger partial charge in [-0.05, 0) is 31.2 Å². The molecule has 0 fully saturated rings. The van der Waals surface area contributed by atoms with Gasteiger partial charge in [-0.15, -0.1) is 0 Å². The Morgan fingerprint density at radius 3 is 2.73 bits per heavy atom. The van der Waals surface area contributed by atoms with Crippen molar-refractivity contribution in [2.45, 2.75) is 13.5 Å². The number of benzene rings is 2. The first-order valence-electron chi connectivity index (χ1n) is 6.69. The van der Waals surface area contributed by atoms with E-state index in [1.165, 1.54) is 6.92 Å². The summed E-state index contributed by atoms with van der Waals surface area (Å²) in [6.45, 7) is 1.72. The molecule has 0 bridgehead atoms. The molecule has 0 saturated carbocycles. The number of methoxy groups -OCH3 is 1. The van der Waals surface area contributed by atoms with Gasteiger partial charge in [0, 0.05) is 21.7 Å². The molecule has 0 heterocycles. The maximum atomic E-state index is 11.4. The highest BCUT2D eigenvalue weighted by molar-refractivity contribution is 6.33. The number of hydrogen-bond donors (Lipinski definition) is 0. The summed E-state index contributed by atoms with van der Waals surface area (Å²) >= 11 is 6.02. The second-order valence-electron chi connectivity index (χ2n) is 4.61. The Morgan fingerprint density at radius 2 is 2.05 bits per heavy atom. The second-order valence-corrected chi connectivity index (χ2v) is 5.02. The molecule has 4 nitrogen and oxygen atoms in total. The van der Waals surface area contributed by atoms with E-state index in [9.17, 15) is 4.79 Å². The summed E-state index contributed by atoms with van der Waals surface area (Å²) in [7, 11) is 1.57. The van der Waals surface area contributed by atoms with Gasteiger partial charge in [-0.25, -0.2) is 0 Å². The summed E-state index contributed by atoms with van der Waals surface area (Å²) in [4.78, 5) is 16.7. The van der Waals surface area contributed by atoms with E-state index in [4.69, 9.17) is 21.2 Å². The predicted molar refractivity (Wildman–Crippen MR) is 86.8 cm³/mol. The first kappa shape index (κ1) is 16.0.